The van der Waals surface area contributed by atoms with Gasteiger partial charge in [0.2, 0.25) is 5.91 Å². The zero-order valence-electron chi connectivity index (χ0n) is 11.0. The van der Waals surface area contributed by atoms with E-state index in [4.69, 9.17) is 0 Å². The molecule has 2 heterocycles. The van der Waals surface area contributed by atoms with Crippen molar-refractivity contribution in [3.63, 3.8) is 0 Å². The summed E-state index contributed by atoms with van der Waals surface area (Å²) in [6.07, 6.45) is 4.10. The van der Waals surface area contributed by atoms with Gasteiger partial charge < -0.3 is 10.2 Å². The predicted octanol–water partition coefficient (Wildman–Crippen LogP) is 1.68. The predicted molar refractivity (Wildman–Crippen MR) is 81.1 cm³/mol. The van der Waals surface area contributed by atoms with Gasteiger partial charge in [0.15, 0.2) is 0 Å². The number of hydrogen-bond acceptors (Lipinski definition) is 3. The number of hydrogen-bond donors (Lipinski definition) is 1. The van der Waals surface area contributed by atoms with Crippen LogP contribution < -0.4 is 5.32 Å². The average molecular weight is 306 g/mol. The molecule has 0 radical (unpaired) electrons. The van der Waals surface area contributed by atoms with Crippen LogP contribution in [-0.2, 0) is 11.2 Å². The molecule has 1 fully saturated rings. The maximum atomic E-state index is 12.0. The van der Waals surface area contributed by atoms with Crippen molar-refractivity contribution in [3.05, 3.63) is 30.1 Å². The van der Waals surface area contributed by atoms with E-state index >= 15 is 0 Å². The summed E-state index contributed by atoms with van der Waals surface area (Å²) in [4.78, 5) is 18.1. The van der Waals surface area contributed by atoms with Gasteiger partial charge in [0.1, 0.15) is 0 Å². The molecular weight excluding hydrogens is 285 g/mol. The van der Waals surface area contributed by atoms with Crippen molar-refractivity contribution in [3.8, 4) is 0 Å². The second-order valence-corrected chi connectivity index (χ2v) is 4.47. The fourth-order valence-corrected chi connectivity index (χ4v) is 2.13. The molecule has 1 aromatic heterocycles. The number of halogens is 2. The molecule has 4 nitrogen and oxygen atoms in total. The quantitative estimate of drug-likeness (QED) is 0.920. The molecule has 1 N–H and O–H groups in total. The highest BCUT2D eigenvalue weighted by atomic mass is 35.5. The van der Waals surface area contributed by atoms with E-state index in [2.05, 4.69) is 10.3 Å². The van der Waals surface area contributed by atoms with Crippen LogP contribution in [-0.4, -0.2) is 42.0 Å². The first-order valence-electron chi connectivity index (χ1n) is 6.13. The number of rotatable bonds is 4. The Labute approximate surface area is 126 Å². The number of aromatic nitrogens is 1. The van der Waals surface area contributed by atoms with E-state index in [1.54, 1.807) is 6.20 Å². The maximum Gasteiger partial charge on any atom is 0.222 e. The number of nitrogens with zero attached hydrogens (tertiary/aromatic N) is 2. The summed E-state index contributed by atoms with van der Waals surface area (Å²) in [6, 6.07) is 6.18. The van der Waals surface area contributed by atoms with Crippen molar-refractivity contribution in [1.29, 1.82) is 0 Å². The number of carbonyl (C=O) groups is 1. The molecule has 0 saturated carbocycles. The van der Waals surface area contributed by atoms with E-state index in [9.17, 15) is 4.79 Å². The minimum atomic E-state index is 0. The Morgan fingerprint density at radius 3 is 2.84 bits per heavy atom. The van der Waals surface area contributed by atoms with Crippen molar-refractivity contribution in [2.75, 3.05) is 20.1 Å². The summed E-state index contributed by atoms with van der Waals surface area (Å²) < 4.78 is 0. The minimum absolute atomic E-state index is 0. The summed E-state index contributed by atoms with van der Waals surface area (Å²) >= 11 is 0. The van der Waals surface area contributed by atoms with Gasteiger partial charge in [-0.3, -0.25) is 9.78 Å². The Kier molecular flexibility index (Phi) is 8.72. The van der Waals surface area contributed by atoms with E-state index in [0.29, 0.717) is 12.5 Å². The number of amides is 1. The smallest absolute Gasteiger partial charge is 0.222 e. The summed E-state index contributed by atoms with van der Waals surface area (Å²) in [6.45, 7) is 1.94. The molecule has 19 heavy (non-hydrogen) atoms. The standard InChI is InChI=1S/C13H19N3O.2ClH/c1-16(12-7-9-14-10-12)13(17)6-5-11-4-2-3-8-15-11;;/h2-4,8,12,14H,5-7,9-10H2,1H3;2*1H. The lowest BCUT2D eigenvalue weighted by molar-refractivity contribution is -0.131. The second-order valence-electron chi connectivity index (χ2n) is 4.47. The number of nitrogens with one attached hydrogen (secondary N) is 1. The van der Waals surface area contributed by atoms with Crippen LogP contribution in [0.5, 0.6) is 0 Å². The van der Waals surface area contributed by atoms with Gasteiger partial charge in [-0.2, -0.15) is 0 Å². The highest BCUT2D eigenvalue weighted by Gasteiger charge is 2.22. The summed E-state index contributed by atoms with van der Waals surface area (Å²) in [7, 11) is 1.90. The van der Waals surface area contributed by atoms with E-state index < -0.39 is 0 Å². The highest BCUT2D eigenvalue weighted by Crippen LogP contribution is 2.09. The Bertz CT molecular complexity index is 369. The van der Waals surface area contributed by atoms with E-state index in [0.717, 1.165) is 31.6 Å². The van der Waals surface area contributed by atoms with Crippen molar-refractivity contribution in [2.45, 2.75) is 25.3 Å². The van der Waals surface area contributed by atoms with Crippen molar-refractivity contribution < 1.29 is 4.79 Å². The highest BCUT2D eigenvalue weighted by molar-refractivity contribution is 5.85. The third-order valence-corrected chi connectivity index (χ3v) is 3.30. The molecule has 2 rings (SSSR count). The van der Waals surface area contributed by atoms with Gasteiger partial charge in [-0.1, -0.05) is 6.07 Å². The third kappa shape index (κ3) is 5.35. The maximum absolute atomic E-state index is 12.0. The molecule has 1 aliphatic rings. The molecule has 0 bridgehead atoms. The molecule has 108 valence electrons. The van der Waals surface area contributed by atoms with Crippen LogP contribution in [0.3, 0.4) is 0 Å². The first-order valence-corrected chi connectivity index (χ1v) is 6.13. The Morgan fingerprint density at radius 2 is 2.26 bits per heavy atom. The molecule has 1 aromatic rings. The number of aryl methyl sites for hydroxylation is 1. The SMILES string of the molecule is CN(C(=O)CCc1ccccn1)C1CCNC1.Cl.Cl. The van der Waals surface area contributed by atoms with Crippen LogP contribution in [0.1, 0.15) is 18.5 Å². The van der Waals surface area contributed by atoms with Gasteiger partial charge in [-0.05, 0) is 31.5 Å². The van der Waals surface area contributed by atoms with Gasteiger partial charge in [0, 0.05) is 37.9 Å². The summed E-state index contributed by atoms with van der Waals surface area (Å²) in [5, 5.41) is 3.28. The fourth-order valence-electron chi connectivity index (χ4n) is 2.13. The molecule has 1 aliphatic heterocycles. The molecule has 1 unspecified atom stereocenters. The molecule has 1 atom stereocenters. The average Bonchev–Trinajstić information content (AvgIpc) is 2.90. The van der Waals surface area contributed by atoms with Crippen LogP contribution in [0.15, 0.2) is 24.4 Å². The van der Waals surface area contributed by atoms with Gasteiger partial charge in [-0.25, -0.2) is 0 Å². The third-order valence-electron chi connectivity index (χ3n) is 3.30. The second kappa shape index (κ2) is 9.13. The zero-order chi connectivity index (χ0) is 12.1. The van der Waals surface area contributed by atoms with Gasteiger partial charge in [0.25, 0.3) is 0 Å². The van der Waals surface area contributed by atoms with Crippen LogP contribution in [0.4, 0.5) is 0 Å². The Hall–Kier alpha value is -0.840. The van der Waals surface area contributed by atoms with E-state index in [1.165, 1.54) is 0 Å². The van der Waals surface area contributed by atoms with Crippen molar-refractivity contribution in [1.82, 2.24) is 15.2 Å². The Morgan fingerprint density at radius 1 is 1.47 bits per heavy atom. The van der Waals surface area contributed by atoms with Crippen LogP contribution in [0, 0.1) is 0 Å². The molecule has 1 amide bonds. The minimum Gasteiger partial charge on any atom is -0.341 e. The largest absolute Gasteiger partial charge is 0.341 e. The normalized spacial score (nSPS) is 17.2. The van der Waals surface area contributed by atoms with Crippen LogP contribution in [0.2, 0.25) is 0 Å². The molecular formula is C13H21Cl2N3O. The molecule has 0 spiro atoms. The molecule has 0 aromatic carbocycles. The van der Waals surface area contributed by atoms with Crippen molar-refractivity contribution >= 4 is 30.7 Å². The number of carbonyl (C=O) groups excluding carboxylic acids is 1. The topological polar surface area (TPSA) is 45.2 Å². The van der Waals surface area contributed by atoms with Gasteiger partial charge >= 0.3 is 0 Å². The zero-order valence-corrected chi connectivity index (χ0v) is 12.7. The lowest BCUT2D eigenvalue weighted by Crippen LogP contribution is -2.38. The summed E-state index contributed by atoms with van der Waals surface area (Å²) in [5.74, 6) is 0.212. The number of pyridine rings is 1. The first kappa shape index (κ1) is 18.2. The molecule has 1 saturated heterocycles. The van der Waals surface area contributed by atoms with E-state index in [-0.39, 0.29) is 30.7 Å². The Balaban J connectivity index is 0.00000162. The van der Waals surface area contributed by atoms with Crippen molar-refractivity contribution in [2.24, 2.45) is 0 Å². The fraction of sp³-hybridized carbons (Fsp3) is 0.538. The lowest BCUT2D eigenvalue weighted by atomic mass is 10.1. The lowest BCUT2D eigenvalue weighted by Gasteiger charge is -2.23. The first-order chi connectivity index (χ1) is 8.27. The van der Waals surface area contributed by atoms with Gasteiger partial charge in [-0.15, -0.1) is 24.8 Å². The molecule has 0 aliphatic carbocycles. The monoisotopic (exact) mass is 305 g/mol. The van der Waals surface area contributed by atoms with E-state index in [1.807, 2.05) is 30.1 Å². The van der Waals surface area contributed by atoms with Crippen LogP contribution in [0.25, 0.3) is 0 Å². The summed E-state index contributed by atoms with van der Waals surface area (Å²) in [5.41, 5.74) is 0.985. The molecule has 6 heteroatoms. The number of likely N-dealkylation sites (N-methyl/N-ethyl adjacent to an activating group) is 1. The van der Waals surface area contributed by atoms with Gasteiger partial charge in [0.05, 0.1) is 0 Å². The van der Waals surface area contributed by atoms with Crippen LogP contribution >= 0.6 is 24.8 Å².